The van der Waals surface area contributed by atoms with E-state index in [4.69, 9.17) is 0 Å². The van der Waals surface area contributed by atoms with Crippen LogP contribution in [-0.4, -0.2) is 43.3 Å². The van der Waals surface area contributed by atoms with Gasteiger partial charge in [0.2, 0.25) is 10.0 Å². The average Bonchev–Trinajstić information content (AvgIpc) is 2.39. The van der Waals surface area contributed by atoms with E-state index in [0.29, 0.717) is 13.1 Å². The molecule has 0 aliphatic carbocycles. The molecule has 1 atom stereocenters. The van der Waals surface area contributed by atoms with E-state index < -0.39 is 31.3 Å². The van der Waals surface area contributed by atoms with Crippen molar-refractivity contribution in [2.45, 2.75) is 17.9 Å². The molecule has 0 aromatic heterocycles. The van der Waals surface area contributed by atoms with Gasteiger partial charge in [-0.3, -0.25) is 10.1 Å². The number of sulfonamides is 1. The standard InChI is InChI=1S/C11H14FN3O4S/c1-8-7-13-4-5-14(8)20(18,19)11-6-9(15(16)17)2-3-10(11)12/h2-3,6,8,13H,4-5,7H2,1H3/t8-/m1/s1. The second-order valence-corrected chi connectivity index (χ2v) is 6.40. The summed E-state index contributed by atoms with van der Waals surface area (Å²) in [5, 5.41) is 13.7. The Bertz CT molecular complexity index is 635. The summed E-state index contributed by atoms with van der Waals surface area (Å²) in [6.07, 6.45) is 0. The minimum atomic E-state index is -4.08. The highest BCUT2D eigenvalue weighted by Crippen LogP contribution is 2.25. The summed E-state index contributed by atoms with van der Waals surface area (Å²) in [6, 6.07) is 2.17. The van der Waals surface area contributed by atoms with Crippen LogP contribution in [0.5, 0.6) is 0 Å². The molecule has 9 heteroatoms. The van der Waals surface area contributed by atoms with Crippen molar-refractivity contribution >= 4 is 15.7 Å². The van der Waals surface area contributed by atoms with Crippen LogP contribution in [0, 0.1) is 15.9 Å². The maximum absolute atomic E-state index is 13.8. The van der Waals surface area contributed by atoms with E-state index in [1.807, 2.05) is 0 Å². The molecule has 0 bridgehead atoms. The van der Waals surface area contributed by atoms with Gasteiger partial charge in [-0.2, -0.15) is 4.31 Å². The molecule has 1 aliphatic rings. The third kappa shape index (κ3) is 2.65. The number of nitrogens with zero attached hydrogens (tertiary/aromatic N) is 2. The number of non-ortho nitro benzene ring substituents is 1. The van der Waals surface area contributed by atoms with Gasteiger partial charge in [0.15, 0.2) is 0 Å². The van der Waals surface area contributed by atoms with Crippen LogP contribution >= 0.6 is 0 Å². The Kier molecular flexibility index (Phi) is 4.02. The molecule has 1 aliphatic heterocycles. The lowest BCUT2D eigenvalue weighted by atomic mass is 10.3. The monoisotopic (exact) mass is 303 g/mol. The second-order valence-electron chi connectivity index (χ2n) is 4.54. The minimum Gasteiger partial charge on any atom is -0.314 e. The molecular formula is C11H14FN3O4S. The fourth-order valence-corrected chi connectivity index (χ4v) is 3.83. The molecule has 1 aromatic rings. The Labute approximate surface area is 115 Å². The number of nitro groups is 1. The Morgan fingerprint density at radius 3 is 2.80 bits per heavy atom. The number of piperazine rings is 1. The number of rotatable bonds is 3. The van der Waals surface area contributed by atoms with E-state index in [0.717, 1.165) is 22.5 Å². The first-order valence-electron chi connectivity index (χ1n) is 6.00. The van der Waals surface area contributed by atoms with Crippen molar-refractivity contribution in [1.82, 2.24) is 9.62 Å². The molecule has 7 nitrogen and oxygen atoms in total. The van der Waals surface area contributed by atoms with Gasteiger partial charge < -0.3 is 5.32 Å². The van der Waals surface area contributed by atoms with Gasteiger partial charge in [0.1, 0.15) is 10.7 Å². The number of hydrogen-bond donors (Lipinski definition) is 1. The van der Waals surface area contributed by atoms with Crippen LogP contribution in [0.15, 0.2) is 23.1 Å². The van der Waals surface area contributed by atoms with Crippen LogP contribution in [0.3, 0.4) is 0 Å². The van der Waals surface area contributed by atoms with Crippen LogP contribution < -0.4 is 5.32 Å². The van der Waals surface area contributed by atoms with Crippen LogP contribution in [0.25, 0.3) is 0 Å². The zero-order valence-electron chi connectivity index (χ0n) is 10.7. The quantitative estimate of drug-likeness (QED) is 0.656. The van der Waals surface area contributed by atoms with Gasteiger partial charge in [-0.05, 0) is 13.0 Å². The topological polar surface area (TPSA) is 92.6 Å². The molecule has 1 saturated heterocycles. The molecule has 110 valence electrons. The molecule has 0 amide bonds. The van der Waals surface area contributed by atoms with Gasteiger partial charge in [0.05, 0.1) is 4.92 Å². The second kappa shape index (κ2) is 5.43. The van der Waals surface area contributed by atoms with Gasteiger partial charge >= 0.3 is 0 Å². The number of halogens is 1. The van der Waals surface area contributed by atoms with E-state index in [1.54, 1.807) is 6.92 Å². The molecular weight excluding hydrogens is 289 g/mol. The molecule has 0 radical (unpaired) electrons. The SMILES string of the molecule is C[C@@H]1CNCCN1S(=O)(=O)c1cc([N+](=O)[O-])ccc1F. The van der Waals surface area contributed by atoms with Crippen molar-refractivity contribution in [3.8, 4) is 0 Å². The van der Waals surface area contributed by atoms with Gasteiger partial charge in [-0.15, -0.1) is 0 Å². The molecule has 1 N–H and O–H groups in total. The van der Waals surface area contributed by atoms with Gasteiger partial charge in [-0.25, -0.2) is 12.8 Å². The molecule has 0 saturated carbocycles. The molecule has 1 fully saturated rings. The Balaban J connectivity index is 2.48. The summed E-state index contributed by atoms with van der Waals surface area (Å²) in [6.45, 7) is 2.81. The number of hydrogen-bond acceptors (Lipinski definition) is 5. The van der Waals surface area contributed by atoms with Crippen molar-refractivity contribution in [2.75, 3.05) is 19.6 Å². The number of nitro benzene ring substituents is 1. The van der Waals surface area contributed by atoms with Crippen molar-refractivity contribution in [3.63, 3.8) is 0 Å². The van der Waals surface area contributed by atoms with Gasteiger partial charge in [-0.1, -0.05) is 0 Å². The molecule has 0 spiro atoms. The fraction of sp³-hybridized carbons (Fsp3) is 0.455. The van der Waals surface area contributed by atoms with Crippen molar-refractivity contribution in [3.05, 3.63) is 34.1 Å². The molecule has 20 heavy (non-hydrogen) atoms. The lowest BCUT2D eigenvalue weighted by Gasteiger charge is -2.32. The van der Waals surface area contributed by atoms with Gasteiger partial charge in [0.25, 0.3) is 5.69 Å². The maximum Gasteiger partial charge on any atom is 0.270 e. The highest BCUT2D eigenvalue weighted by molar-refractivity contribution is 7.89. The van der Waals surface area contributed by atoms with Crippen molar-refractivity contribution in [1.29, 1.82) is 0 Å². The Morgan fingerprint density at radius 1 is 1.50 bits per heavy atom. The summed E-state index contributed by atoms with van der Waals surface area (Å²) >= 11 is 0. The Hall–Kier alpha value is -1.58. The summed E-state index contributed by atoms with van der Waals surface area (Å²) in [7, 11) is -4.08. The summed E-state index contributed by atoms with van der Waals surface area (Å²) in [4.78, 5) is 9.29. The van der Waals surface area contributed by atoms with E-state index >= 15 is 0 Å². The molecule has 2 rings (SSSR count). The average molecular weight is 303 g/mol. The van der Waals surface area contributed by atoms with E-state index in [2.05, 4.69) is 5.32 Å². The smallest absolute Gasteiger partial charge is 0.270 e. The molecule has 0 unspecified atom stereocenters. The van der Waals surface area contributed by atoms with Crippen LogP contribution in [0.2, 0.25) is 0 Å². The highest BCUT2D eigenvalue weighted by Gasteiger charge is 2.33. The van der Waals surface area contributed by atoms with Crippen molar-refractivity contribution < 1.29 is 17.7 Å². The van der Waals surface area contributed by atoms with Crippen LogP contribution in [-0.2, 0) is 10.0 Å². The minimum absolute atomic E-state index is 0.200. The Morgan fingerprint density at radius 2 is 2.20 bits per heavy atom. The predicted octanol–water partition coefficient (Wildman–Crippen LogP) is 0.716. The first-order valence-corrected chi connectivity index (χ1v) is 7.44. The summed E-state index contributed by atoms with van der Waals surface area (Å²) in [5.41, 5.74) is -0.451. The molecule has 1 heterocycles. The largest absolute Gasteiger partial charge is 0.314 e. The number of nitrogens with one attached hydrogen (secondary N) is 1. The third-order valence-electron chi connectivity index (χ3n) is 3.15. The fourth-order valence-electron chi connectivity index (χ4n) is 2.11. The summed E-state index contributed by atoms with van der Waals surface area (Å²) in [5.74, 6) is -0.985. The van der Waals surface area contributed by atoms with E-state index in [1.165, 1.54) is 0 Å². The lowest BCUT2D eigenvalue weighted by molar-refractivity contribution is -0.385. The maximum atomic E-state index is 13.8. The van der Waals surface area contributed by atoms with E-state index in [9.17, 15) is 22.9 Å². The zero-order valence-corrected chi connectivity index (χ0v) is 11.6. The predicted molar refractivity (Wildman–Crippen MR) is 69.3 cm³/mol. The normalized spacial score (nSPS) is 20.8. The third-order valence-corrected chi connectivity index (χ3v) is 5.18. The zero-order chi connectivity index (χ0) is 14.9. The first kappa shape index (κ1) is 14.8. The molecule has 1 aromatic carbocycles. The summed E-state index contributed by atoms with van der Waals surface area (Å²) < 4.78 is 39.8. The van der Waals surface area contributed by atoms with E-state index in [-0.39, 0.29) is 12.6 Å². The van der Waals surface area contributed by atoms with Gasteiger partial charge in [0, 0.05) is 37.8 Å². The lowest BCUT2D eigenvalue weighted by Crippen LogP contribution is -2.52. The van der Waals surface area contributed by atoms with Crippen LogP contribution in [0.1, 0.15) is 6.92 Å². The van der Waals surface area contributed by atoms with Crippen LogP contribution in [0.4, 0.5) is 10.1 Å². The number of benzene rings is 1. The first-order chi connectivity index (χ1) is 9.34. The highest BCUT2D eigenvalue weighted by atomic mass is 32.2. The van der Waals surface area contributed by atoms with Crippen molar-refractivity contribution in [2.24, 2.45) is 0 Å².